The molecule has 0 aliphatic rings. The van der Waals surface area contributed by atoms with E-state index in [2.05, 4.69) is 597 Å². The van der Waals surface area contributed by atoms with Crippen LogP contribution >= 0.6 is 0 Å². The van der Waals surface area contributed by atoms with E-state index < -0.39 is 0 Å². The molecule has 0 aliphatic heterocycles. The smallest absolute Gasteiger partial charge is 0.0120 e. The Balaban J connectivity index is 0.000000197. The summed E-state index contributed by atoms with van der Waals surface area (Å²) >= 11 is 0. The Morgan fingerprint density at radius 3 is 0.399 bits per heavy atom. The molecule has 0 fully saturated rings. The van der Waals surface area contributed by atoms with Gasteiger partial charge in [-0.3, -0.25) is 0 Å². The molecule has 734 valence electrons. The van der Waals surface area contributed by atoms with Crippen molar-refractivity contribution < 1.29 is 0 Å². The molecular weight excluding hydrogens is 1660 g/mol. The van der Waals surface area contributed by atoms with Gasteiger partial charge in [0, 0.05) is 0 Å². The average molecular weight is 1840 g/mol. The van der Waals surface area contributed by atoms with Crippen molar-refractivity contribution >= 4 is 0 Å². The topological polar surface area (TPSA) is 0 Å². The third kappa shape index (κ3) is 30.4. The van der Waals surface area contributed by atoms with E-state index in [0.29, 0.717) is 0 Å². The van der Waals surface area contributed by atoms with Crippen molar-refractivity contribution in [2.24, 2.45) is 0 Å². The van der Waals surface area contributed by atoms with Gasteiger partial charge >= 0.3 is 0 Å². The van der Waals surface area contributed by atoms with Crippen LogP contribution in [-0.4, -0.2) is 0 Å². The van der Waals surface area contributed by atoms with Crippen LogP contribution < -0.4 is 0 Å². The molecule has 13 aromatic rings. The van der Waals surface area contributed by atoms with Gasteiger partial charge in [0.15, 0.2) is 0 Å². The highest BCUT2D eigenvalue weighted by molar-refractivity contribution is 5.82. The van der Waals surface area contributed by atoms with Gasteiger partial charge in [0.05, 0.1) is 0 Å². The molecule has 0 aliphatic carbocycles. The lowest BCUT2D eigenvalue weighted by molar-refractivity contribution is 0.548. The number of benzene rings is 13. The molecule has 13 aromatic carbocycles. The van der Waals surface area contributed by atoms with Crippen molar-refractivity contribution in [3.8, 4) is 89.0 Å². The van der Waals surface area contributed by atoms with Crippen molar-refractivity contribution in [2.75, 3.05) is 0 Å². The Hall–Kier alpha value is -10.1. The zero-order chi connectivity index (χ0) is 104. The van der Waals surface area contributed by atoms with Gasteiger partial charge < -0.3 is 0 Å². The van der Waals surface area contributed by atoms with Crippen LogP contribution in [0.25, 0.3) is 89.0 Å². The maximum Gasteiger partial charge on any atom is -0.0120 e. The molecule has 0 bridgehead atoms. The third-order valence-corrected chi connectivity index (χ3v) is 27.2. The van der Waals surface area contributed by atoms with E-state index in [0.717, 1.165) is 0 Å². The molecule has 0 amide bonds. The summed E-state index contributed by atoms with van der Waals surface area (Å²) in [5.41, 5.74) is 43.7. The lowest BCUT2D eigenvalue weighted by Gasteiger charge is -2.29. The second-order valence-electron chi connectivity index (χ2n) is 55.3. The summed E-state index contributed by atoms with van der Waals surface area (Å²) in [5, 5.41) is 0. The van der Waals surface area contributed by atoms with Gasteiger partial charge in [-0.15, -0.1) is 0 Å². The van der Waals surface area contributed by atoms with E-state index in [1.54, 1.807) is 0 Å². The van der Waals surface area contributed by atoms with Crippen LogP contribution in [0, 0.1) is 0 Å². The number of hydrogen-bond acceptors (Lipinski definition) is 0. The summed E-state index contributed by atoms with van der Waals surface area (Å²) < 4.78 is 0. The van der Waals surface area contributed by atoms with Crippen LogP contribution in [0.2, 0.25) is 0 Å². The Morgan fingerprint density at radius 1 is 0.0942 bits per heavy atom. The normalized spacial score (nSPS) is 13.0. The first-order valence-electron chi connectivity index (χ1n) is 51.5. The van der Waals surface area contributed by atoms with Crippen molar-refractivity contribution in [3.63, 3.8) is 0 Å². The highest BCUT2D eigenvalue weighted by Gasteiger charge is 2.31. The predicted molar refractivity (Wildman–Crippen MR) is 616 cm³/mol. The van der Waals surface area contributed by atoms with Crippen LogP contribution in [0.15, 0.2) is 285 Å². The first-order chi connectivity index (χ1) is 62.8. The molecule has 0 saturated carbocycles. The highest BCUT2D eigenvalue weighted by Crippen LogP contribution is 2.47. The summed E-state index contributed by atoms with van der Waals surface area (Å²) in [6.07, 6.45) is 0. The zero-order valence-corrected chi connectivity index (χ0v) is 95.1. The van der Waals surface area contributed by atoms with Gasteiger partial charge in [-0.2, -0.15) is 0 Å². The fourth-order valence-corrected chi connectivity index (χ4v) is 17.2. The largest absolute Gasteiger partial charge is 0.0622 e. The Morgan fingerprint density at radius 2 is 0.232 bits per heavy atom. The molecule has 0 spiro atoms. The van der Waals surface area contributed by atoms with E-state index in [9.17, 15) is 0 Å². The first kappa shape index (κ1) is 111. The molecule has 13 rings (SSSR count). The van der Waals surface area contributed by atoms with Crippen molar-refractivity contribution in [2.45, 2.75) is 393 Å². The maximum absolute atomic E-state index is 2.43. The zero-order valence-electron chi connectivity index (χ0n) is 95.1. The van der Waals surface area contributed by atoms with E-state index in [-0.39, 0.29) is 81.2 Å². The van der Waals surface area contributed by atoms with Gasteiger partial charge in [0.2, 0.25) is 0 Å². The number of hydrogen-bond donors (Lipinski definition) is 0. The van der Waals surface area contributed by atoms with Crippen LogP contribution in [-0.2, 0) is 81.2 Å². The highest BCUT2D eigenvalue weighted by atomic mass is 14.4. The molecule has 0 saturated heterocycles. The summed E-state index contributed by atoms with van der Waals surface area (Å²) in [5.74, 6) is 0. The molecule has 0 N–H and O–H groups in total. The van der Waals surface area contributed by atoms with Gasteiger partial charge in [0.1, 0.15) is 0 Å². The van der Waals surface area contributed by atoms with Crippen LogP contribution in [0.1, 0.15) is 395 Å². The minimum atomic E-state index is 0.0390. The fourth-order valence-electron chi connectivity index (χ4n) is 17.2. The van der Waals surface area contributed by atoms with E-state index >= 15 is 0 Å². The van der Waals surface area contributed by atoms with E-state index in [4.69, 9.17) is 0 Å². The monoisotopic (exact) mass is 1840 g/mol. The van der Waals surface area contributed by atoms with Gasteiger partial charge in [0.25, 0.3) is 0 Å². The molecule has 138 heavy (non-hydrogen) atoms. The Bertz CT molecular complexity index is 5760. The Labute approximate surface area is 844 Å². The molecule has 0 unspecified atom stereocenters. The maximum atomic E-state index is 2.43. The molecule has 0 nitrogen and oxygen atoms in total. The molecule has 0 atom stereocenters. The van der Waals surface area contributed by atoms with E-state index in [1.165, 1.54) is 172 Å². The minimum Gasteiger partial charge on any atom is -0.0622 e. The Kier molecular flexibility index (Phi) is 33.6. The lowest BCUT2D eigenvalue weighted by Crippen LogP contribution is -2.20. The summed E-state index contributed by atoms with van der Waals surface area (Å²) in [7, 11) is 0. The fraction of sp³-hybridized carbons (Fsp3) is 0.435. The van der Waals surface area contributed by atoms with E-state index in [1.807, 2.05) is 0 Å². The second-order valence-corrected chi connectivity index (χ2v) is 55.3. The second kappa shape index (κ2) is 41.6. The first-order valence-corrected chi connectivity index (χ1v) is 51.5. The number of rotatable bonds is 8. The third-order valence-electron chi connectivity index (χ3n) is 27.2. The predicted octanol–water partition coefficient (Wildman–Crippen LogP) is 41.2. The van der Waals surface area contributed by atoms with Gasteiger partial charge in [-0.25, -0.2) is 0 Å². The standard InChI is InChI=1S/C38H54.2C30H38.C22H22.C18H30/c1-34(2,3)29-17-25(27-19-30(35(4,5)6)23-31(20-27)36(7,8)9)16-26(18-29)28-21-32(37(10,11)12)24-33(22-28)38(13,14)15;1-28(2,3)25-14-10-21(11-15-25)23-18-24(20-27(19-23)30(7,8)9)22-12-16-26(17-13-22)29(4,5)6;1-28(2,3)23-17-13-21(14-18-23)25-11-10-12-26(27(25)30(7,8)9)22-15-19-24(20-16-22)29(4,5)6;1-22(2,3)21-15-19(17-10-6-4-7-11-17)14-20(16-21)18-12-8-5-9-13-18;1-16(2,3)13-10-14(17(4,5)6)12-15(11-13)18(7,8)9/h16-24H,1-15H3;2*10-20H,1-9H3;4-16H,1-3H3;10-12H,1-9H3. The molecule has 0 heteroatoms. The lowest BCUT2D eigenvalue weighted by atomic mass is 9.76. The average Bonchev–Trinajstić information content (AvgIpc) is 0.774. The quantitative estimate of drug-likeness (QED) is 0.142. The van der Waals surface area contributed by atoms with Crippen LogP contribution in [0.5, 0.6) is 0 Å². The minimum absolute atomic E-state index is 0.0390. The van der Waals surface area contributed by atoms with Crippen LogP contribution in [0.4, 0.5) is 0 Å². The van der Waals surface area contributed by atoms with Crippen LogP contribution in [0.3, 0.4) is 0 Å². The van der Waals surface area contributed by atoms with Crippen molar-refractivity contribution in [3.05, 3.63) is 369 Å². The van der Waals surface area contributed by atoms with Crippen molar-refractivity contribution in [1.29, 1.82) is 0 Å². The summed E-state index contributed by atoms with van der Waals surface area (Å²) in [6, 6.07) is 107. The van der Waals surface area contributed by atoms with Gasteiger partial charge in [-0.05, 0) is 272 Å². The summed E-state index contributed by atoms with van der Waals surface area (Å²) in [6.45, 7) is 103. The molecule has 0 heterocycles. The summed E-state index contributed by atoms with van der Waals surface area (Å²) in [4.78, 5) is 0. The van der Waals surface area contributed by atoms with Gasteiger partial charge in [-0.1, -0.05) is 578 Å². The molecule has 0 aromatic heterocycles. The SMILES string of the molecule is CC(C)(C)c1cc(-c2cc(C(C)(C)C)cc(C(C)(C)C)c2)cc(-c2cc(C(C)(C)C)cc(C(C)(C)C)c2)c1.CC(C)(C)c1cc(-c2ccccc2)cc(-c2ccccc2)c1.CC(C)(C)c1cc(C(C)(C)C)cc(C(C)(C)C)c1.CC(C)(C)c1ccc(-c2cc(-c3ccc(C(C)(C)C)cc3)cc(C(C)(C)C)c2)cc1.CC(C)(C)c1ccc(-c2cccc(-c3ccc(C(C)(C)C)cc3)c2C(C)(C)C)cc1. The molecule has 0 radical (unpaired) electrons. The molecular formula is C138H182. The van der Waals surface area contributed by atoms with Crippen molar-refractivity contribution in [1.82, 2.24) is 0 Å².